The number of nitrogens with two attached hydrogens (primary N) is 2. The smallest absolute Gasteiger partial charge is 0.408 e. The number of nitrogens with one attached hydrogen (secondary N) is 5. The fourth-order valence-corrected chi connectivity index (χ4v) is 5.14. The molecule has 9 N–H and O–H groups in total. The van der Waals surface area contributed by atoms with E-state index in [1.165, 1.54) is 0 Å². The summed E-state index contributed by atoms with van der Waals surface area (Å²) in [4.78, 5) is 46.0. The summed E-state index contributed by atoms with van der Waals surface area (Å²) in [6, 6.07) is 0.408. The molecule has 2 aromatic heterocycles. The third-order valence-corrected chi connectivity index (χ3v) is 7.22. The number of carbonyl (C=O) groups excluding carboxylic acids is 4. The van der Waals surface area contributed by atoms with Gasteiger partial charge in [0.25, 0.3) is 0 Å². The molecule has 2 rings (SSSR count). The van der Waals surface area contributed by atoms with Crippen LogP contribution in [-0.2, 0) is 19.0 Å². The first kappa shape index (κ1) is 61.0. The molecule has 0 unspecified atom stereocenters. The molecular weight excluding hydrogens is 825 g/mol. The van der Waals surface area contributed by atoms with Crippen LogP contribution >= 0.6 is 0 Å². The highest BCUT2D eigenvalue weighted by Gasteiger charge is 2.29. The molecule has 21 heteroatoms. The number of amides is 4. The normalized spacial score (nSPS) is 14.1. The van der Waals surface area contributed by atoms with Gasteiger partial charge in [0.2, 0.25) is 5.91 Å². The van der Waals surface area contributed by atoms with Crippen LogP contribution in [-0.4, -0.2) is 94.3 Å². The van der Waals surface area contributed by atoms with Gasteiger partial charge in [0.15, 0.2) is 11.6 Å². The summed E-state index contributed by atoms with van der Waals surface area (Å²) in [7, 11) is 0. The van der Waals surface area contributed by atoms with Crippen LogP contribution in [0.3, 0.4) is 0 Å². The second kappa shape index (κ2) is 25.4. The second-order valence-corrected chi connectivity index (χ2v) is 23.3. The Labute approximate surface area is 382 Å². The van der Waals surface area contributed by atoms with E-state index in [0.29, 0.717) is 30.9 Å². The quantitative estimate of drug-likeness (QED) is 0.114. The van der Waals surface area contributed by atoms with E-state index in [0.717, 1.165) is 6.42 Å². The lowest BCUT2D eigenvalue weighted by molar-refractivity contribution is -0.120. The topological polar surface area (TPSA) is 317 Å². The van der Waals surface area contributed by atoms with Gasteiger partial charge in [0.05, 0.1) is 18.2 Å². The monoisotopic (exact) mass is 909 g/mol. The molecule has 64 heavy (non-hydrogen) atoms. The zero-order valence-electron chi connectivity index (χ0n) is 42.8. The predicted octanol–water partition coefficient (Wildman–Crippen LogP) is 7.48. The average molecular weight is 909 g/mol. The molecule has 0 bridgehead atoms. The lowest BCUT2D eigenvalue weighted by Crippen LogP contribution is -2.47. The van der Waals surface area contributed by atoms with Gasteiger partial charge in [-0.3, -0.25) is 4.79 Å². The molecule has 0 spiro atoms. The summed E-state index contributed by atoms with van der Waals surface area (Å²) in [5, 5.41) is 44.0. The second-order valence-electron chi connectivity index (χ2n) is 23.3. The largest absolute Gasteiger partial charge is 0.444 e. The van der Waals surface area contributed by atoms with Crippen LogP contribution < -0.4 is 27.4 Å². The van der Waals surface area contributed by atoms with Gasteiger partial charge in [-0.25, -0.2) is 14.4 Å². The maximum atomic E-state index is 11.8. The Kier molecular flexibility index (Phi) is 24.2. The summed E-state index contributed by atoms with van der Waals surface area (Å²) in [6.07, 6.45) is 0.975. The Hall–Kier alpha value is -5.13. The van der Waals surface area contributed by atoms with Gasteiger partial charge < -0.3 is 41.6 Å². The van der Waals surface area contributed by atoms with Gasteiger partial charge in [-0.15, -0.1) is 20.4 Å². The first-order chi connectivity index (χ1) is 28.5. The molecule has 0 aromatic carbocycles. The van der Waals surface area contributed by atoms with E-state index < -0.39 is 53.1 Å². The molecule has 0 aliphatic heterocycles. The zero-order chi connectivity index (χ0) is 50.7. The molecule has 0 radical (unpaired) electrons. The van der Waals surface area contributed by atoms with E-state index in [9.17, 15) is 19.2 Å². The number of ether oxygens (including phenoxy) is 3. The van der Waals surface area contributed by atoms with Crippen LogP contribution in [0.25, 0.3) is 0 Å². The standard InChI is InChI=1S/C12H23N5O2.C12H24N2O3.C12H22N2O2.C7H15N5/c1-11(2,3)7-8(9-14-16-17-15-9)13-10(18)19-12(4,5)6;1-11(2,3)7-8(9(13)15)14-10(16)17-12(4,5)6;1-11(2,3)7-9(8-13)14-10(15)16-12(4,5)6;1-7(2,3)4-5(8)6-9-11-12-10-6/h8H,7H2,1-6H3,(H,13,18)(H,14,15,16,17);8H,7H2,1-6H3,(H2,13,15)(H,14,16);9H,7H2,1-6H3,(H,14,15);5H,4,8H2,1-3H3,(H,9,10,11,12)/t2*8-;9-;5-/m0000/s1. The number of hydrogen-bond acceptors (Lipinski definition) is 15. The minimum Gasteiger partial charge on any atom is -0.444 e. The van der Waals surface area contributed by atoms with E-state index in [1.807, 2.05) is 62.3 Å². The number of hydrogen-bond donors (Lipinski definition) is 7. The van der Waals surface area contributed by atoms with Gasteiger partial charge in [-0.2, -0.15) is 15.7 Å². The number of aromatic amines is 2. The number of rotatable bonds is 10. The van der Waals surface area contributed by atoms with Crippen LogP contribution in [0.1, 0.15) is 195 Å². The summed E-state index contributed by atoms with van der Waals surface area (Å²) in [5.74, 6) is 0.497. The van der Waals surface area contributed by atoms with Gasteiger partial charge in [0, 0.05) is 0 Å². The maximum absolute atomic E-state index is 11.8. The van der Waals surface area contributed by atoms with E-state index in [2.05, 4.69) is 105 Å². The fourth-order valence-electron chi connectivity index (χ4n) is 5.14. The van der Waals surface area contributed by atoms with E-state index in [1.54, 1.807) is 41.5 Å². The Morgan fingerprint density at radius 2 is 0.922 bits per heavy atom. The van der Waals surface area contributed by atoms with Crippen LogP contribution in [0.4, 0.5) is 14.4 Å². The number of H-pyrrole nitrogens is 2. The Morgan fingerprint density at radius 1 is 0.562 bits per heavy atom. The molecule has 0 aliphatic carbocycles. The predicted molar refractivity (Wildman–Crippen MR) is 245 cm³/mol. The molecular formula is C43H84N14O7. The first-order valence-corrected chi connectivity index (χ1v) is 21.4. The molecule has 4 amide bonds. The van der Waals surface area contributed by atoms with E-state index in [-0.39, 0.29) is 33.7 Å². The number of primary amides is 1. The number of alkyl carbamates (subject to hydrolysis) is 3. The van der Waals surface area contributed by atoms with Crippen molar-refractivity contribution >= 4 is 24.2 Å². The van der Waals surface area contributed by atoms with Gasteiger partial charge in [-0.1, -0.05) is 93.5 Å². The number of carbonyl (C=O) groups is 4. The van der Waals surface area contributed by atoms with Crippen molar-refractivity contribution in [1.29, 1.82) is 5.26 Å². The SMILES string of the molecule is CC(C)(C)C[C@@H](C#N)NC(=O)OC(C)(C)C.CC(C)(C)C[C@H](N)c1nn[nH]n1.CC(C)(C)C[C@H](NC(=O)OC(C)(C)C)C(N)=O.CC(C)(C)C[C@H](NC(=O)OC(C)(C)C)c1nn[nH]n1. The molecule has 4 atom stereocenters. The number of tetrazole rings is 2. The summed E-state index contributed by atoms with van der Waals surface area (Å²) < 4.78 is 15.4. The van der Waals surface area contributed by atoms with E-state index in [4.69, 9.17) is 30.9 Å². The third-order valence-electron chi connectivity index (χ3n) is 7.22. The highest BCUT2D eigenvalue weighted by molar-refractivity contribution is 5.84. The van der Waals surface area contributed by atoms with Crippen LogP contribution in [0, 0.1) is 33.0 Å². The number of nitrogens with zero attached hydrogens (tertiary/aromatic N) is 7. The van der Waals surface area contributed by atoms with Crippen molar-refractivity contribution in [1.82, 2.24) is 57.2 Å². The highest BCUT2D eigenvalue weighted by atomic mass is 16.6. The van der Waals surface area contributed by atoms with Gasteiger partial charge in [0.1, 0.15) is 28.9 Å². The lowest BCUT2D eigenvalue weighted by Gasteiger charge is -2.26. The Balaban J connectivity index is 0. The Bertz CT molecular complexity index is 1700. The van der Waals surface area contributed by atoms with Gasteiger partial charge >= 0.3 is 18.3 Å². The van der Waals surface area contributed by atoms with Crippen molar-refractivity contribution in [3.8, 4) is 6.07 Å². The molecule has 0 saturated carbocycles. The summed E-state index contributed by atoms with van der Waals surface area (Å²) >= 11 is 0. The van der Waals surface area contributed by atoms with Crippen molar-refractivity contribution in [2.45, 2.75) is 212 Å². The fraction of sp³-hybridized carbons (Fsp3) is 0.837. The van der Waals surface area contributed by atoms with E-state index >= 15 is 0 Å². The summed E-state index contributed by atoms with van der Waals surface area (Å²) in [6.45, 7) is 40.7. The third kappa shape index (κ3) is 36.4. The molecule has 0 saturated heterocycles. The minimum atomic E-state index is -0.704. The molecule has 368 valence electrons. The van der Waals surface area contributed by atoms with Crippen molar-refractivity contribution < 1.29 is 33.4 Å². The molecule has 2 aromatic rings. The minimum absolute atomic E-state index is 0.00455. The zero-order valence-corrected chi connectivity index (χ0v) is 42.8. The number of aromatic nitrogens is 8. The average Bonchev–Trinajstić information content (AvgIpc) is 3.75. The number of nitriles is 1. The maximum Gasteiger partial charge on any atom is 0.408 e. The Morgan fingerprint density at radius 3 is 1.23 bits per heavy atom. The molecule has 0 aliphatic rings. The van der Waals surface area contributed by atoms with Crippen molar-refractivity contribution in [3.63, 3.8) is 0 Å². The lowest BCUT2D eigenvalue weighted by atomic mass is 9.88. The first-order valence-electron chi connectivity index (χ1n) is 21.4. The molecule has 21 nitrogen and oxygen atoms in total. The highest BCUT2D eigenvalue weighted by Crippen LogP contribution is 2.28. The molecule has 2 heterocycles. The van der Waals surface area contributed by atoms with Gasteiger partial charge in [-0.05, 0) is 110 Å². The van der Waals surface area contributed by atoms with Crippen LogP contribution in [0.2, 0.25) is 0 Å². The van der Waals surface area contributed by atoms with Crippen molar-refractivity contribution in [3.05, 3.63) is 11.6 Å². The molecule has 0 fully saturated rings. The summed E-state index contributed by atoms with van der Waals surface area (Å²) in [5.41, 5.74) is 9.53. The van der Waals surface area contributed by atoms with Crippen LogP contribution in [0.15, 0.2) is 0 Å². The van der Waals surface area contributed by atoms with Crippen molar-refractivity contribution in [2.75, 3.05) is 0 Å². The van der Waals surface area contributed by atoms with Crippen LogP contribution in [0.5, 0.6) is 0 Å². The van der Waals surface area contributed by atoms with Crippen molar-refractivity contribution in [2.24, 2.45) is 33.1 Å².